The Morgan fingerprint density at radius 2 is 1.88 bits per heavy atom. The lowest BCUT2D eigenvalue weighted by Crippen LogP contribution is -2.50. The Labute approximate surface area is 139 Å². The highest BCUT2D eigenvalue weighted by molar-refractivity contribution is 6.13. The van der Waals surface area contributed by atoms with Crippen molar-refractivity contribution in [3.63, 3.8) is 0 Å². The number of benzene rings is 1. The van der Waals surface area contributed by atoms with E-state index in [2.05, 4.69) is 0 Å². The van der Waals surface area contributed by atoms with Crippen LogP contribution >= 0.6 is 0 Å². The third-order valence-corrected chi connectivity index (χ3v) is 4.00. The predicted octanol–water partition coefficient (Wildman–Crippen LogP) is 1.82. The molecule has 1 aromatic heterocycles. The summed E-state index contributed by atoms with van der Waals surface area (Å²) in [5.41, 5.74) is 1.34. The minimum Gasteiger partial charge on any atom is -0.464 e. The maximum Gasteiger partial charge on any atom is 0.339 e. The van der Waals surface area contributed by atoms with E-state index in [0.717, 1.165) is 10.5 Å². The molecule has 1 aliphatic rings. The average molecular weight is 326 g/mol. The highest BCUT2D eigenvalue weighted by atomic mass is 16.5. The van der Waals surface area contributed by atoms with Crippen LogP contribution in [0, 0.1) is 0 Å². The fourth-order valence-electron chi connectivity index (χ4n) is 2.84. The second kappa shape index (κ2) is 6.70. The zero-order valence-electron chi connectivity index (χ0n) is 13.3. The van der Waals surface area contributed by atoms with Gasteiger partial charge < -0.3 is 9.30 Å². The van der Waals surface area contributed by atoms with Gasteiger partial charge in [-0.1, -0.05) is 30.3 Å². The summed E-state index contributed by atoms with van der Waals surface area (Å²) in [6.45, 7) is 2.08. The molecule has 1 unspecified atom stereocenters. The molecule has 6 heteroatoms. The molecule has 1 aromatic carbocycles. The van der Waals surface area contributed by atoms with E-state index < -0.39 is 17.9 Å². The van der Waals surface area contributed by atoms with E-state index in [1.54, 1.807) is 25.3 Å². The van der Waals surface area contributed by atoms with Crippen LogP contribution in [-0.2, 0) is 20.7 Å². The first-order chi connectivity index (χ1) is 11.6. The third kappa shape index (κ3) is 2.82. The lowest BCUT2D eigenvalue weighted by Gasteiger charge is -2.31. The first kappa shape index (κ1) is 16.0. The number of amides is 2. The lowest BCUT2D eigenvalue weighted by atomic mass is 10.1. The van der Waals surface area contributed by atoms with E-state index in [0.29, 0.717) is 12.1 Å². The van der Waals surface area contributed by atoms with Gasteiger partial charge in [0.05, 0.1) is 6.61 Å². The van der Waals surface area contributed by atoms with Gasteiger partial charge in [-0.15, -0.1) is 0 Å². The normalized spacial score (nSPS) is 16.9. The van der Waals surface area contributed by atoms with Crippen molar-refractivity contribution in [2.75, 3.05) is 13.2 Å². The molecule has 1 atom stereocenters. The van der Waals surface area contributed by atoms with E-state index in [-0.39, 0.29) is 19.1 Å². The minimum atomic E-state index is -1.14. The number of hydrogen-bond acceptors (Lipinski definition) is 4. The maximum atomic E-state index is 12.7. The highest BCUT2D eigenvalue weighted by Crippen LogP contribution is 2.24. The SMILES string of the molecule is CCOC(=O)C1C(=O)N(CCc2ccccc2)C(=O)c2cccn21. The van der Waals surface area contributed by atoms with Crippen molar-refractivity contribution in [2.45, 2.75) is 19.4 Å². The summed E-state index contributed by atoms with van der Waals surface area (Å²) in [6, 6.07) is 11.7. The van der Waals surface area contributed by atoms with Crippen molar-refractivity contribution in [3.8, 4) is 0 Å². The van der Waals surface area contributed by atoms with Crippen molar-refractivity contribution >= 4 is 17.8 Å². The van der Waals surface area contributed by atoms with Gasteiger partial charge in [0, 0.05) is 12.7 Å². The summed E-state index contributed by atoms with van der Waals surface area (Å²) in [4.78, 5) is 38.6. The molecule has 0 spiro atoms. The van der Waals surface area contributed by atoms with Crippen molar-refractivity contribution in [2.24, 2.45) is 0 Å². The van der Waals surface area contributed by atoms with E-state index in [4.69, 9.17) is 4.74 Å². The van der Waals surface area contributed by atoms with Crippen LogP contribution in [-0.4, -0.2) is 40.4 Å². The Kier molecular flexibility index (Phi) is 4.46. The Hall–Kier alpha value is -2.89. The molecular weight excluding hydrogens is 308 g/mol. The van der Waals surface area contributed by atoms with Gasteiger partial charge in [-0.05, 0) is 31.0 Å². The highest BCUT2D eigenvalue weighted by Gasteiger charge is 2.42. The fraction of sp³-hybridized carbons (Fsp3) is 0.278. The first-order valence-corrected chi connectivity index (χ1v) is 7.86. The molecule has 1 aliphatic heterocycles. The number of esters is 1. The van der Waals surface area contributed by atoms with Crippen molar-refractivity contribution in [1.82, 2.24) is 9.47 Å². The Morgan fingerprint density at radius 1 is 1.12 bits per heavy atom. The number of ether oxygens (including phenoxy) is 1. The third-order valence-electron chi connectivity index (χ3n) is 4.00. The molecule has 0 N–H and O–H groups in total. The summed E-state index contributed by atoms with van der Waals surface area (Å²) in [5.74, 6) is -1.57. The zero-order chi connectivity index (χ0) is 17.1. The van der Waals surface area contributed by atoms with Crippen LogP contribution < -0.4 is 0 Å². The predicted molar refractivity (Wildman–Crippen MR) is 86.3 cm³/mol. The second-order valence-corrected chi connectivity index (χ2v) is 5.49. The number of hydrogen-bond donors (Lipinski definition) is 0. The Balaban J connectivity index is 1.86. The van der Waals surface area contributed by atoms with E-state index in [1.807, 2.05) is 30.3 Å². The van der Waals surface area contributed by atoms with Crippen LogP contribution in [0.5, 0.6) is 0 Å². The molecule has 6 nitrogen and oxygen atoms in total. The van der Waals surface area contributed by atoms with Crippen LogP contribution in [0.3, 0.4) is 0 Å². The Bertz CT molecular complexity index is 766. The van der Waals surface area contributed by atoms with Gasteiger partial charge in [-0.3, -0.25) is 14.5 Å². The molecule has 0 saturated heterocycles. The number of nitrogens with zero attached hydrogens (tertiary/aromatic N) is 2. The molecule has 2 heterocycles. The van der Waals surface area contributed by atoms with Crippen LogP contribution in [0.1, 0.15) is 29.0 Å². The van der Waals surface area contributed by atoms with Gasteiger partial charge in [-0.2, -0.15) is 0 Å². The molecule has 0 aliphatic carbocycles. The summed E-state index contributed by atoms with van der Waals surface area (Å²) in [6.07, 6.45) is 2.09. The molecule has 0 radical (unpaired) electrons. The summed E-state index contributed by atoms with van der Waals surface area (Å²) in [7, 11) is 0. The lowest BCUT2D eigenvalue weighted by molar-refractivity contribution is -0.154. The average Bonchev–Trinajstić information content (AvgIpc) is 3.05. The molecule has 124 valence electrons. The summed E-state index contributed by atoms with van der Waals surface area (Å²) < 4.78 is 6.40. The van der Waals surface area contributed by atoms with Crippen LogP contribution in [0.25, 0.3) is 0 Å². The monoisotopic (exact) mass is 326 g/mol. The molecular formula is C18H18N2O4. The van der Waals surface area contributed by atoms with Gasteiger partial charge in [0.1, 0.15) is 5.69 Å². The second-order valence-electron chi connectivity index (χ2n) is 5.49. The van der Waals surface area contributed by atoms with Gasteiger partial charge in [0.2, 0.25) is 6.04 Å². The minimum absolute atomic E-state index is 0.178. The molecule has 0 saturated carbocycles. The molecule has 0 fully saturated rings. The number of fused-ring (bicyclic) bond motifs is 1. The van der Waals surface area contributed by atoms with E-state index in [9.17, 15) is 14.4 Å². The van der Waals surface area contributed by atoms with Gasteiger partial charge in [0.25, 0.3) is 11.8 Å². The van der Waals surface area contributed by atoms with Crippen LogP contribution in [0.2, 0.25) is 0 Å². The molecule has 3 rings (SSSR count). The fourth-order valence-corrected chi connectivity index (χ4v) is 2.84. The Morgan fingerprint density at radius 3 is 2.58 bits per heavy atom. The number of rotatable bonds is 5. The first-order valence-electron chi connectivity index (χ1n) is 7.86. The summed E-state index contributed by atoms with van der Waals surface area (Å²) in [5, 5.41) is 0. The quantitative estimate of drug-likeness (QED) is 0.477. The maximum absolute atomic E-state index is 12.7. The largest absolute Gasteiger partial charge is 0.464 e. The van der Waals surface area contributed by atoms with Gasteiger partial charge in [-0.25, -0.2) is 4.79 Å². The van der Waals surface area contributed by atoms with Crippen molar-refractivity contribution < 1.29 is 19.1 Å². The van der Waals surface area contributed by atoms with Crippen LogP contribution in [0.4, 0.5) is 0 Å². The number of carbonyl (C=O) groups is 3. The number of aromatic nitrogens is 1. The van der Waals surface area contributed by atoms with E-state index >= 15 is 0 Å². The molecule has 2 aromatic rings. The smallest absolute Gasteiger partial charge is 0.339 e. The van der Waals surface area contributed by atoms with Gasteiger partial charge >= 0.3 is 5.97 Å². The van der Waals surface area contributed by atoms with Crippen molar-refractivity contribution in [1.29, 1.82) is 0 Å². The number of carbonyl (C=O) groups excluding carboxylic acids is 3. The van der Waals surface area contributed by atoms with Gasteiger partial charge in [0.15, 0.2) is 0 Å². The molecule has 24 heavy (non-hydrogen) atoms. The zero-order valence-corrected chi connectivity index (χ0v) is 13.3. The van der Waals surface area contributed by atoms with Crippen molar-refractivity contribution in [3.05, 3.63) is 59.9 Å². The van der Waals surface area contributed by atoms with E-state index in [1.165, 1.54) is 4.57 Å². The van der Waals surface area contributed by atoms with Crippen LogP contribution in [0.15, 0.2) is 48.7 Å². The standard InChI is InChI=1S/C18H18N2O4/c1-2-24-18(23)15-17(22)20(12-10-13-7-4-3-5-8-13)16(21)14-9-6-11-19(14)15/h3-9,11,15H,2,10,12H2,1H3. The topological polar surface area (TPSA) is 68.6 Å². The number of imide groups is 1. The molecule has 0 bridgehead atoms. The summed E-state index contributed by atoms with van der Waals surface area (Å²) >= 11 is 0. The molecule has 2 amide bonds.